The van der Waals surface area contributed by atoms with Crippen molar-refractivity contribution in [2.45, 2.75) is 12.8 Å². The second-order valence-corrected chi connectivity index (χ2v) is 7.57. The quantitative estimate of drug-likeness (QED) is 0.570. The highest BCUT2D eigenvalue weighted by Crippen LogP contribution is 2.46. The zero-order valence-corrected chi connectivity index (χ0v) is 17.7. The van der Waals surface area contributed by atoms with E-state index in [9.17, 15) is 4.79 Å². The summed E-state index contributed by atoms with van der Waals surface area (Å²) >= 11 is 3.52. The number of fused-ring (bicyclic) bond motifs is 3. The van der Waals surface area contributed by atoms with E-state index in [4.69, 9.17) is 19.9 Å². The van der Waals surface area contributed by atoms with Gasteiger partial charge in [0.25, 0.3) is 0 Å². The Kier molecular flexibility index (Phi) is 5.20. The van der Waals surface area contributed by atoms with E-state index in [0.29, 0.717) is 11.3 Å². The number of ether oxygens (including phenoxy) is 3. The fourth-order valence-corrected chi connectivity index (χ4v) is 4.09. The minimum absolute atomic E-state index is 0.0632. The molecule has 1 atom stereocenters. The Bertz CT molecular complexity index is 1120. The molecule has 0 saturated heterocycles. The molecule has 0 bridgehead atoms. The summed E-state index contributed by atoms with van der Waals surface area (Å²) < 4.78 is 17.4. The van der Waals surface area contributed by atoms with Gasteiger partial charge < -0.3 is 19.9 Å². The van der Waals surface area contributed by atoms with Crippen molar-refractivity contribution in [1.29, 1.82) is 0 Å². The molecule has 4 rings (SSSR count). The van der Waals surface area contributed by atoms with Crippen LogP contribution in [0.5, 0.6) is 11.5 Å². The van der Waals surface area contributed by atoms with E-state index in [0.717, 1.165) is 32.1 Å². The normalized spacial score (nSPS) is 15.6. The molecule has 1 aliphatic rings. The fourth-order valence-electron chi connectivity index (χ4n) is 3.71. The summed E-state index contributed by atoms with van der Waals surface area (Å²) in [5, 5.41) is 2.02. The maximum absolute atomic E-state index is 12.8. The number of carbonyl (C=O) groups is 1. The van der Waals surface area contributed by atoms with Crippen LogP contribution in [0.2, 0.25) is 0 Å². The maximum Gasteiger partial charge on any atom is 0.340 e. The van der Waals surface area contributed by atoms with Crippen molar-refractivity contribution in [2.24, 2.45) is 5.73 Å². The lowest BCUT2D eigenvalue weighted by Crippen LogP contribution is -2.27. The van der Waals surface area contributed by atoms with Gasteiger partial charge in [0.15, 0.2) is 0 Å². The first-order chi connectivity index (χ1) is 14.0. The molecule has 1 heterocycles. The summed E-state index contributed by atoms with van der Waals surface area (Å²) in [6, 6.07) is 17.5. The first-order valence-electron chi connectivity index (χ1n) is 9.24. The first-order valence-corrected chi connectivity index (χ1v) is 10.0. The van der Waals surface area contributed by atoms with Crippen molar-refractivity contribution < 1.29 is 19.0 Å². The highest BCUT2D eigenvalue weighted by atomic mass is 79.9. The van der Waals surface area contributed by atoms with Crippen LogP contribution in [-0.4, -0.2) is 19.7 Å². The first kappa shape index (κ1) is 19.3. The van der Waals surface area contributed by atoms with E-state index in [2.05, 4.69) is 15.9 Å². The lowest BCUT2D eigenvalue weighted by molar-refractivity contribution is -0.139. The van der Waals surface area contributed by atoms with Crippen molar-refractivity contribution in [3.63, 3.8) is 0 Å². The third kappa shape index (κ3) is 3.44. The smallest absolute Gasteiger partial charge is 0.340 e. The number of halogens is 1. The average Bonchev–Trinajstić information content (AvgIpc) is 2.72. The molecule has 1 aliphatic heterocycles. The van der Waals surface area contributed by atoms with Gasteiger partial charge in [0.2, 0.25) is 5.88 Å². The van der Waals surface area contributed by atoms with Crippen molar-refractivity contribution >= 4 is 32.7 Å². The Hall–Kier alpha value is -2.99. The third-order valence-electron chi connectivity index (χ3n) is 4.99. The average molecular weight is 454 g/mol. The number of benzene rings is 3. The highest BCUT2D eigenvalue weighted by Gasteiger charge is 2.36. The summed E-state index contributed by atoms with van der Waals surface area (Å²) in [6.45, 7) is 2.02. The number of rotatable bonds is 4. The van der Waals surface area contributed by atoms with Crippen LogP contribution in [-0.2, 0) is 9.53 Å². The standard InChI is InChI=1S/C23H20BrNO4/c1-3-28-23(26)21-19(13-4-8-16(27-2)9-5-13)20-17-10-7-15(24)12-14(17)6-11-18(20)29-22(21)25/h4-12,19H,3,25H2,1-2H3/t19-/m1/s1. The van der Waals surface area contributed by atoms with Crippen LogP contribution in [0.1, 0.15) is 24.0 Å². The minimum atomic E-state index is -0.481. The van der Waals surface area contributed by atoms with Crippen LogP contribution in [0, 0.1) is 0 Å². The predicted octanol–water partition coefficient (Wildman–Crippen LogP) is 4.87. The van der Waals surface area contributed by atoms with Crippen molar-refractivity contribution in [3.8, 4) is 11.5 Å². The topological polar surface area (TPSA) is 70.8 Å². The second kappa shape index (κ2) is 7.79. The molecule has 2 N–H and O–H groups in total. The van der Waals surface area contributed by atoms with Gasteiger partial charge in [-0.2, -0.15) is 0 Å². The summed E-state index contributed by atoms with van der Waals surface area (Å²) in [7, 11) is 1.62. The second-order valence-electron chi connectivity index (χ2n) is 6.65. The molecule has 29 heavy (non-hydrogen) atoms. The Morgan fingerprint density at radius 3 is 2.59 bits per heavy atom. The van der Waals surface area contributed by atoms with Gasteiger partial charge in [0.1, 0.15) is 17.1 Å². The molecular formula is C23H20BrNO4. The Morgan fingerprint density at radius 2 is 1.90 bits per heavy atom. The van der Waals surface area contributed by atoms with E-state index in [-0.39, 0.29) is 12.5 Å². The van der Waals surface area contributed by atoms with Crippen LogP contribution in [0.3, 0.4) is 0 Å². The zero-order valence-electron chi connectivity index (χ0n) is 16.1. The third-order valence-corrected chi connectivity index (χ3v) is 5.48. The molecule has 3 aromatic carbocycles. The predicted molar refractivity (Wildman–Crippen MR) is 115 cm³/mol. The van der Waals surface area contributed by atoms with Gasteiger partial charge in [0.05, 0.1) is 19.6 Å². The summed E-state index contributed by atoms with van der Waals surface area (Å²) in [6.07, 6.45) is 0. The van der Waals surface area contributed by atoms with E-state index in [1.807, 2.05) is 54.6 Å². The van der Waals surface area contributed by atoms with E-state index < -0.39 is 11.9 Å². The van der Waals surface area contributed by atoms with Crippen molar-refractivity contribution in [1.82, 2.24) is 0 Å². The number of carbonyl (C=O) groups excluding carboxylic acids is 1. The maximum atomic E-state index is 12.8. The molecule has 0 unspecified atom stereocenters. The molecule has 0 aliphatic carbocycles. The molecule has 0 radical (unpaired) electrons. The molecule has 5 nitrogen and oxygen atoms in total. The molecule has 0 spiro atoms. The van der Waals surface area contributed by atoms with Crippen LogP contribution < -0.4 is 15.2 Å². The lowest BCUT2D eigenvalue weighted by atomic mass is 9.80. The van der Waals surface area contributed by atoms with Gasteiger partial charge in [0, 0.05) is 10.0 Å². The van der Waals surface area contributed by atoms with E-state index in [1.54, 1.807) is 14.0 Å². The number of hydrogen-bond acceptors (Lipinski definition) is 5. The Morgan fingerprint density at radius 1 is 1.14 bits per heavy atom. The number of methoxy groups -OCH3 is 1. The molecule has 3 aromatic rings. The van der Waals surface area contributed by atoms with Gasteiger partial charge in [-0.3, -0.25) is 0 Å². The van der Waals surface area contributed by atoms with E-state index in [1.165, 1.54) is 0 Å². The monoisotopic (exact) mass is 453 g/mol. The Balaban J connectivity index is 1.99. The van der Waals surface area contributed by atoms with Gasteiger partial charge >= 0.3 is 5.97 Å². The summed E-state index contributed by atoms with van der Waals surface area (Å²) in [5.74, 6) is 0.524. The van der Waals surface area contributed by atoms with Gasteiger partial charge in [-0.25, -0.2) is 4.79 Å². The Labute approximate surface area is 177 Å². The molecule has 0 aromatic heterocycles. The summed E-state index contributed by atoms with van der Waals surface area (Å²) in [4.78, 5) is 12.8. The van der Waals surface area contributed by atoms with E-state index >= 15 is 0 Å². The van der Waals surface area contributed by atoms with Crippen LogP contribution in [0.4, 0.5) is 0 Å². The minimum Gasteiger partial charge on any atom is -0.497 e. The molecule has 148 valence electrons. The van der Waals surface area contributed by atoms with Crippen LogP contribution in [0.15, 0.2) is 70.5 Å². The van der Waals surface area contributed by atoms with Gasteiger partial charge in [-0.15, -0.1) is 0 Å². The molecule has 6 heteroatoms. The molecule has 0 fully saturated rings. The zero-order chi connectivity index (χ0) is 20.5. The molecule has 0 amide bonds. The largest absolute Gasteiger partial charge is 0.497 e. The number of nitrogens with two attached hydrogens (primary N) is 1. The van der Waals surface area contributed by atoms with Gasteiger partial charge in [-0.1, -0.05) is 40.2 Å². The van der Waals surface area contributed by atoms with Crippen molar-refractivity contribution in [2.75, 3.05) is 13.7 Å². The lowest BCUT2D eigenvalue weighted by Gasteiger charge is -2.29. The molecule has 0 saturated carbocycles. The van der Waals surface area contributed by atoms with Crippen LogP contribution in [0.25, 0.3) is 10.8 Å². The summed E-state index contributed by atoms with van der Waals surface area (Å²) in [5.41, 5.74) is 8.29. The molecular weight excluding hydrogens is 434 g/mol. The number of esters is 1. The van der Waals surface area contributed by atoms with Gasteiger partial charge in [-0.05, 0) is 53.6 Å². The highest BCUT2D eigenvalue weighted by molar-refractivity contribution is 9.10. The van der Waals surface area contributed by atoms with Crippen molar-refractivity contribution in [3.05, 3.63) is 81.7 Å². The van der Waals surface area contributed by atoms with Crippen LogP contribution >= 0.6 is 15.9 Å². The fraction of sp³-hybridized carbons (Fsp3) is 0.174. The number of hydrogen-bond donors (Lipinski definition) is 1. The SMILES string of the molecule is CCOC(=O)C1=C(N)Oc2ccc3cc(Br)ccc3c2[C@H]1c1ccc(OC)cc1.